The highest BCUT2D eigenvalue weighted by Crippen LogP contribution is 2.27. The number of alkyl halides is 3. The lowest BCUT2D eigenvalue weighted by Gasteiger charge is -2.24. The molecule has 9 nitrogen and oxygen atoms in total. The van der Waals surface area contributed by atoms with Gasteiger partial charge in [-0.15, -0.1) is 0 Å². The molecule has 1 amide bonds. The van der Waals surface area contributed by atoms with Gasteiger partial charge in [-0.05, 0) is 60.3 Å². The van der Waals surface area contributed by atoms with E-state index in [1.54, 1.807) is 6.92 Å². The Labute approximate surface area is 204 Å². The normalized spacial score (nSPS) is 23.6. The molecule has 0 aromatic rings. The van der Waals surface area contributed by atoms with Crippen LogP contribution in [0.2, 0.25) is 0 Å². The van der Waals surface area contributed by atoms with E-state index in [1.807, 2.05) is 27.7 Å². The quantitative estimate of drug-likeness (QED) is 0.324. The van der Waals surface area contributed by atoms with Gasteiger partial charge in [0.05, 0.1) is 25.0 Å². The van der Waals surface area contributed by atoms with Crippen LogP contribution in [0.4, 0.5) is 18.0 Å². The molecule has 0 saturated heterocycles. The molecule has 2 rings (SSSR count). The first kappa shape index (κ1) is 32.6. The molecule has 2 fully saturated rings. The van der Waals surface area contributed by atoms with E-state index < -0.39 is 24.2 Å². The number of hydrogen-bond donors (Lipinski definition) is 2. The van der Waals surface area contributed by atoms with Crippen molar-refractivity contribution in [1.82, 2.24) is 5.32 Å². The number of rotatable bonds is 5. The van der Waals surface area contributed by atoms with Gasteiger partial charge in [-0.25, -0.2) is 4.79 Å². The first-order valence-corrected chi connectivity index (χ1v) is 11.8. The largest absolute Gasteiger partial charge is 0.466 e. The molecule has 0 aromatic heterocycles. The Hall–Kier alpha value is -2.37. The smallest absolute Gasteiger partial charge is 0.446 e. The molecular weight excluding hydrogens is 473 g/mol. The fourth-order valence-corrected chi connectivity index (χ4v) is 3.65. The minimum absolute atomic E-state index is 0.0325. The molecule has 2 aliphatic rings. The number of alkyl carbamates (subject to hydrolysis) is 1. The van der Waals surface area contributed by atoms with Crippen LogP contribution in [0.3, 0.4) is 0 Å². The van der Waals surface area contributed by atoms with Gasteiger partial charge in [0, 0.05) is 12.1 Å². The summed E-state index contributed by atoms with van der Waals surface area (Å²) in [4.78, 5) is 43.2. The van der Waals surface area contributed by atoms with E-state index in [0.717, 1.165) is 38.5 Å². The number of ether oxygens (including phenoxy) is 3. The Morgan fingerprint density at radius 3 is 1.77 bits per heavy atom. The molecule has 0 bridgehead atoms. The number of nitrogens with one attached hydrogen (secondary N) is 1. The Kier molecular flexibility index (Phi) is 14.5. The molecule has 35 heavy (non-hydrogen) atoms. The Morgan fingerprint density at radius 2 is 1.37 bits per heavy atom. The van der Waals surface area contributed by atoms with Crippen molar-refractivity contribution in [2.75, 3.05) is 13.2 Å². The van der Waals surface area contributed by atoms with Crippen LogP contribution in [0.5, 0.6) is 0 Å². The third-order valence-corrected chi connectivity index (χ3v) is 5.10. The third-order valence-electron chi connectivity index (χ3n) is 5.10. The fourth-order valence-electron chi connectivity index (χ4n) is 3.65. The molecule has 0 aromatic carbocycles. The topological polar surface area (TPSA) is 134 Å². The van der Waals surface area contributed by atoms with E-state index in [2.05, 4.69) is 5.32 Å². The summed E-state index contributed by atoms with van der Waals surface area (Å²) in [5.41, 5.74) is 5.18. The van der Waals surface area contributed by atoms with Crippen molar-refractivity contribution in [1.29, 1.82) is 0 Å². The lowest BCUT2D eigenvalue weighted by atomic mass is 10.0. The molecule has 2 saturated carbocycles. The Bertz CT molecular complexity index is 681. The number of nitrogens with two attached hydrogens (primary N) is 1. The van der Waals surface area contributed by atoms with Gasteiger partial charge in [0.15, 0.2) is 0 Å². The molecule has 0 heterocycles. The predicted octanol–water partition coefficient (Wildman–Crippen LogP) is 3.67. The van der Waals surface area contributed by atoms with Crippen LogP contribution in [0, 0.1) is 11.8 Å². The Morgan fingerprint density at radius 1 is 0.914 bits per heavy atom. The van der Waals surface area contributed by atoms with Gasteiger partial charge in [-0.2, -0.15) is 13.2 Å². The van der Waals surface area contributed by atoms with Crippen LogP contribution >= 0.6 is 0 Å². The standard InChI is InChI=1S/C13H23NO4.C8H15NO2.C2HF3O/c1-5-17-11(15)9-7-6-8-10(9)14-12(16)18-13(2,3)4;1-2-11-8(10)6-4-3-5-7(6)9;3-2(4,5)1-6/h9-10H,5-8H2,1-4H3,(H,14,16);6-7H,2-5,9H2,1H3;1H/t9-,10+;6-,7+;/m00./s1. The van der Waals surface area contributed by atoms with Crippen LogP contribution in [0.25, 0.3) is 0 Å². The van der Waals surface area contributed by atoms with Gasteiger partial charge in [-0.1, -0.05) is 12.8 Å². The summed E-state index contributed by atoms with van der Waals surface area (Å²) >= 11 is 0. The molecular formula is C23H39F3N2O7. The highest BCUT2D eigenvalue weighted by molar-refractivity contribution is 5.76. The van der Waals surface area contributed by atoms with Crippen LogP contribution < -0.4 is 11.1 Å². The van der Waals surface area contributed by atoms with Crippen LogP contribution in [-0.2, 0) is 28.6 Å². The molecule has 0 unspecified atom stereocenters. The second kappa shape index (κ2) is 15.6. The lowest BCUT2D eigenvalue weighted by molar-refractivity contribution is -0.156. The average molecular weight is 513 g/mol. The van der Waals surface area contributed by atoms with Gasteiger partial charge in [0.2, 0.25) is 6.29 Å². The monoisotopic (exact) mass is 512 g/mol. The zero-order chi connectivity index (χ0) is 27.2. The van der Waals surface area contributed by atoms with Crippen LogP contribution in [0.1, 0.15) is 73.1 Å². The van der Waals surface area contributed by atoms with E-state index in [-0.39, 0.29) is 35.9 Å². The second-order valence-corrected chi connectivity index (χ2v) is 9.15. The van der Waals surface area contributed by atoms with E-state index in [1.165, 1.54) is 0 Å². The molecule has 0 spiro atoms. The zero-order valence-corrected chi connectivity index (χ0v) is 21.1. The SMILES string of the molecule is CCOC(=O)[C@H]1CCC[C@H]1N.CCOC(=O)[C@H]1CCC[C@H]1NC(=O)OC(C)(C)C.O=CC(F)(F)F. The predicted molar refractivity (Wildman–Crippen MR) is 121 cm³/mol. The van der Waals surface area contributed by atoms with Crippen molar-refractivity contribution < 1.29 is 46.6 Å². The fraction of sp³-hybridized carbons (Fsp3) is 0.826. The number of aldehydes is 1. The number of hydrogen-bond acceptors (Lipinski definition) is 8. The first-order valence-electron chi connectivity index (χ1n) is 11.8. The van der Waals surface area contributed by atoms with Crippen molar-refractivity contribution in [3.63, 3.8) is 0 Å². The van der Waals surface area contributed by atoms with Crippen molar-refractivity contribution in [3.8, 4) is 0 Å². The average Bonchev–Trinajstić information content (AvgIpc) is 3.36. The molecule has 2 aliphatic carbocycles. The van der Waals surface area contributed by atoms with Crippen molar-refractivity contribution in [2.45, 2.75) is 97.0 Å². The molecule has 12 heteroatoms. The lowest BCUT2D eigenvalue weighted by Crippen LogP contribution is -2.43. The van der Waals surface area contributed by atoms with E-state index in [0.29, 0.717) is 13.2 Å². The maximum Gasteiger partial charge on any atom is 0.446 e. The van der Waals surface area contributed by atoms with Crippen molar-refractivity contribution in [3.05, 3.63) is 0 Å². The van der Waals surface area contributed by atoms with Gasteiger partial charge in [0.25, 0.3) is 0 Å². The molecule has 204 valence electrons. The maximum atomic E-state index is 11.7. The molecule has 3 N–H and O–H groups in total. The molecule has 0 aliphatic heterocycles. The maximum absolute atomic E-state index is 11.7. The first-order chi connectivity index (χ1) is 16.1. The summed E-state index contributed by atoms with van der Waals surface area (Å²) in [5.74, 6) is -0.610. The van der Waals surface area contributed by atoms with Gasteiger partial charge in [-0.3, -0.25) is 14.4 Å². The summed E-state index contributed by atoms with van der Waals surface area (Å²) in [6.45, 7) is 9.86. The summed E-state index contributed by atoms with van der Waals surface area (Å²) in [7, 11) is 0. The van der Waals surface area contributed by atoms with E-state index in [4.69, 9.17) is 24.7 Å². The minimum atomic E-state index is -4.64. The summed E-state index contributed by atoms with van der Waals surface area (Å²) in [6, 6.07) is -0.132. The third kappa shape index (κ3) is 14.6. The van der Waals surface area contributed by atoms with Gasteiger partial charge in [0.1, 0.15) is 5.60 Å². The highest BCUT2D eigenvalue weighted by Gasteiger charge is 2.36. The van der Waals surface area contributed by atoms with E-state index >= 15 is 0 Å². The van der Waals surface area contributed by atoms with Crippen molar-refractivity contribution in [2.24, 2.45) is 17.6 Å². The van der Waals surface area contributed by atoms with Crippen LogP contribution in [-0.4, -0.2) is 61.4 Å². The molecule has 0 radical (unpaired) electrons. The number of amides is 1. The summed E-state index contributed by atoms with van der Waals surface area (Å²) < 4.78 is 46.3. The summed E-state index contributed by atoms with van der Waals surface area (Å²) in [6.07, 6.45) is -0.767. The van der Waals surface area contributed by atoms with Gasteiger partial charge >= 0.3 is 24.2 Å². The van der Waals surface area contributed by atoms with Crippen LogP contribution in [0.15, 0.2) is 0 Å². The number of carbonyl (C=O) groups is 4. The summed E-state index contributed by atoms with van der Waals surface area (Å²) in [5, 5.41) is 2.76. The minimum Gasteiger partial charge on any atom is -0.466 e. The van der Waals surface area contributed by atoms with E-state index in [9.17, 15) is 27.6 Å². The second-order valence-electron chi connectivity index (χ2n) is 9.15. The Balaban J connectivity index is 0.000000574. The van der Waals surface area contributed by atoms with Gasteiger partial charge < -0.3 is 25.3 Å². The highest BCUT2D eigenvalue weighted by atomic mass is 19.4. The molecule has 4 atom stereocenters. The van der Waals surface area contributed by atoms with Crippen molar-refractivity contribution >= 4 is 24.3 Å². The number of esters is 2. The number of carbonyl (C=O) groups excluding carboxylic acids is 4. The number of halogens is 3. The zero-order valence-electron chi connectivity index (χ0n) is 21.1.